The smallest absolute Gasteiger partial charge is 0.333 e. The molecular formula is C30H33N7O2. The van der Waals surface area contributed by atoms with Crippen LogP contribution < -0.4 is 10.4 Å². The Hall–Kier alpha value is -4.53. The lowest BCUT2D eigenvalue weighted by molar-refractivity contribution is 0.410. The monoisotopic (exact) mass is 523 g/mol. The molecule has 0 aliphatic heterocycles. The summed E-state index contributed by atoms with van der Waals surface area (Å²) in [5.74, 6) is 1.18. The summed E-state index contributed by atoms with van der Waals surface area (Å²) < 4.78 is 9.35. The summed E-state index contributed by atoms with van der Waals surface area (Å²) in [6, 6.07) is 16.1. The van der Waals surface area contributed by atoms with Crippen LogP contribution in [0.3, 0.4) is 0 Å². The summed E-state index contributed by atoms with van der Waals surface area (Å²) in [6.07, 6.45) is 7.18. The van der Waals surface area contributed by atoms with Gasteiger partial charge in [-0.05, 0) is 51.4 Å². The second-order valence-corrected chi connectivity index (χ2v) is 10.6. The summed E-state index contributed by atoms with van der Waals surface area (Å²) in [5.41, 5.74) is 6.39. The second kappa shape index (κ2) is 10.7. The third-order valence-electron chi connectivity index (χ3n) is 6.85. The number of aromatic nitrogens is 7. The molecule has 0 saturated heterocycles. The van der Waals surface area contributed by atoms with E-state index >= 15 is 0 Å². The number of benzene rings is 2. The molecule has 9 heteroatoms. The molecule has 39 heavy (non-hydrogen) atoms. The lowest BCUT2D eigenvalue weighted by atomic mass is 9.85. The average molecular weight is 524 g/mol. The number of rotatable bonds is 8. The second-order valence-electron chi connectivity index (χ2n) is 10.6. The van der Waals surface area contributed by atoms with Crippen molar-refractivity contribution in [2.75, 3.05) is 7.11 Å². The summed E-state index contributed by atoms with van der Waals surface area (Å²) in [6.45, 7) is 9.04. The largest absolute Gasteiger partial charge is 0.495 e. The van der Waals surface area contributed by atoms with Crippen molar-refractivity contribution in [3.8, 4) is 34.0 Å². The molecular weight excluding hydrogens is 490 g/mol. The van der Waals surface area contributed by atoms with Gasteiger partial charge in [-0.1, -0.05) is 70.5 Å². The van der Waals surface area contributed by atoms with Crippen molar-refractivity contribution in [2.24, 2.45) is 0 Å². The number of pyridine rings is 1. The van der Waals surface area contributed by atoms with E-state index in [1.165, 1.54) is 0 Å². The molecule has 0 fully saturated rings. The number of methoxy groups -OCH3 is 1. The highest BCUT2D eigenvalue weighted by molar-refractivity contribution is 5.79. The minimum absolute atomic E-state index is 0.0777. The number of aromatic amines is 1. The van der Waals surface area contributed by atoms with Crippen molar-refractivity contribution < 1.29 is 4.74 Å². The molecule has 0 amide bonds. The highest BCUT2D eigenvalue weighted by Gasteiger charge is 2.24. The Balaban J connectivity index is 1.53. The van der Waals surface area contributed by atoms with E-state index in [9.17, 15) is 4.79 Å². The maximum atomic E-state index is 13.9. The Bertz CT molecular complexity index is 1630. The SMILES string of the molecule is CCCc1cn(-c2c(OC)cccc2C(C)(C)C)c(=O)n1Cc1ccc(-c2ccncc2-c2nn[nH]n2)cc1. The zero-order chi connectivity index (χ0) is 27.6. The molecule has 0 unspecified atom stereocenters. The number of para-hydroxylation sites is 1. The third kappa shape index (κ3) is 5.12. The molecule has 0 radical (unpaired) electrons. The van der Waals surface area contributed by atoms with E-state index in [2.05, 4.69) is 71.5 Å². The first-order valence-corrected chi connectivity index (χ1v) is 13.1. The minimum Gasteiger partial charge on any atom is -0.495 e. The van der Waals surface area contributed by atoms with E-state index in [0.29, 0.717) is 18.1 Å². The van der Waals surface area contributed by atoms with E-state index in [1.54, 1.807) is 24.1 Å². The average Bonchev–Trinajstić information content (AvgIpc) is 3.58. The highest BCUT2D eigenvalue weighted by Crippen LogP contribution is 2.34. The van der Waals surface area contributed by atoms with Crippen molar-refractivity contribution in [3.05, 3.63) is 94.4 Å². The Morgan fingerprint density at radius 1 is 1.03 bits per heavy atom. The predicted molar refractivity (Wildman–Crippen MR) is 151 cm³/mol. The number of aryl methyl sites for hydroxylation is 1. The summed E-state index contributed by atoms with van der Waals surface area (Å²) in [4.78, 5) is 18.1. The Morgan fingerprint density at radius 3 is 2.49 bits per heavy atom. The van der Waals surface area contributed by atoms with Gasteiger partial charge >= 0.3 is 5.69 Å². The van der Waals surface area contributed by atoms with Gasteiger partial charge in [0.05, 0.1) is 19.3 Å². The van der Waals surface area contributed by atoms with Crippen LogP contribution in [0.5, 0.6) is 5.75 Å². The number of H-pyrrole nitrogens is 1. The molecule has 200 valence electrons. The van der Waals surface area contributed by atoms with Crippen LogP contribution >= 0.6 is 0 Å². The summed E-state index contributed by atoms with van der Waals surface area (Å²) >= 11 is 0. The summed E-state index contributed by atoms with van der Waals surface area (Å²) in [7, 11) is 1.65. The molecule has 3 heterocycles. The number of hydrogen-bond acceptors (Lipinski definition) is 6. The highest BCUT2D eigenvalue weighted by atomic mass is 16.5. The van der Waals surface area contributed by atoms with Crippen molar-refractivity contribution in [1.82, 2.24) is 34.7 Å². The van der Waals surface area contributed by atoms with Gasteiger partial charge in [0.25, 0.3) is 0 Å². The molecule has 0 aliphatic rings. The van der Waals surface area contributed by atoms with Gasteiger partial charge in [0.15, 0.2) is 0 Å². The molecule has 9 nitrogen and oxygen atoms in total. The van der Waals surface area contributed by atoms with Crippen LogP contribution in [0, 0.1) is 0 Å². The fraction of sp³-hybridized carbons (Fsp3) is 0.300. The standard InChI is InChI=1S/C30H33N7O2/c1-6-8-22-19-37(27-25(30(2,3)4)9-7-10-26(27)39-5)29(38)36(22)18-20-11-13-21(14-12-20)23-15-16-31-17-24(23)28-32-34-35-33-28/h7,9-17,19H,6,8,18H2,1-5H3,(H,32,33,34,35). The van der Waals surface area contributed by atoms with Crippen LogP contribution in [0.2, 0.25) is 0 Å². The summed E-state index contributed by atoms with van der Waals surface area (Å²) in [5, 5.41) is 14.4. The minimum atomic E-state index is -0.167. The molecule has 0 atom stereocenters. The zero-order valence-electron chi connectivity index (χ0n) is 23.0. The van der Waals surface area contributed by atoms with Crippen LogP contribution in [0.4, 0.5) is 0 Å². The van der Waals surface area contributed by atoms with Crippen molar-refractivity contribution in [3.63, 3.8) is 0 Å². The van der Waals surface area contributed by atoms with Gasteiger partial charge in [-0.15, -0.1) is 10.2 Å². The Kier molecular flexibility index (Phi) is 7.15. The first-order chi connectivity index (χ1) is 18.8. The molecule has 0 aliphatic carbocycles. The number of hydrogen-bond donors (Lipinski definition) is 1. The van der Waals surface area contributed by atoms with Gasteiger partial charge in [0.1, 0.15) is 5.75 Å². The fourth-order valence-corrected chi connectivity index (χ4v) is 4.93. The number of imidazole rings is 1. The van der Waals surface area contributed by atoms with E-state index in [-0.39, 0.29) is 11.1 Å². The lowest BCUT2D eigenvalue weighted by Crippen LogP contribution is -2.27. The van der Waals surface area contributed by atoms with E-state index in [0.717, 1.165) is 52.0 Å². The van der Waals surface area contributed by atoms with E-state index < -0.39 is 0 Å². The van der Waals surface area contributed by atoms with Gasteiger partial charge in [-0.25, -0.2) is 4.79 Å². The van der Waals surface area contributed by atoms with Crippen LogP contribution in [-0.4, -0.2) is 41.9 Å². The van der Waals surface area contributed by atoms with Gasteiger partial charge < -0.3 is 4.74 Å². The van der Waals surface area contributed by atoms with Crippen molar-refractivity contribution in [2.45, 2.75) is 52.5 Å². The molecule has 5 rings (SSSR count). The normalized spacial score (nSPS) is 11.6. The van der Waals surface area contributed by atoms with Crippen molar-refractivity contribution >= 4 is 0 Å². The van der Waals surface area contributed by atoms with Gasteiger partial charge in [-0.3, -0.25) is 14.1 Å². The van der Waals surface area contributed by atoms with E-state index in [1.807, 2.05) is 41.1 Å². The van der Waals surface area contributed by atoms with Crippen LogP contribution in [-0.2, 0) is 18.4 Å². The lowest BCUT2D eigenvalue weighted by Gasteiger charge is -2.24. The fourth-order valence-electron chi connectivity index (χ4n) is 4.93. The molecule has 0 spiro atoms. The van der Waals surface area contributed by atoms with Crippen LogP contribution in [0.15, 0.2) is 71.9 Å². The molecule has 1 N–H and O–H groups in total. The number of ether oxygens (including phenoxy) is 1. The van der Waals surface area contributed by atoms with Gasteiger partial charge in [-0.2, -0.15) is 5.21 Å². The molecule has 3 aromatic heterocycles. The maximum Gasteiger partial charge on any atom is 0.333 e. The van der Waals surface area contributed by atoms with Gasteiger partial charge in [0.2, 0.25) is 5.82 Å². The van der Waals surface area contributed by atoms with Crippen molar-refractivity contribution in [1.29, 1.82) is 0 Å². The Morgan fingerprint density at radius 2 is 1.82 bits per heavy atom. The first kappa shape index (κ1) is 26.1. The third-order valence-corrected chi connectivity index (χ3v) is 6.85. The molecule has 0 bridgehead atoms. The van der Waals surface area contributed by atoms with Crippen LogP contribution in [0.25, 0.3) is 28.2 Å². The molecule has 0 saturated carbocycles. The quantitative estimate of drug-likeness (QED) is 0.300. The topological polar surface area (TPSA) is 104 Å². The number of nitrogens with zero attached hydrogens (tertiary/aromatic N) is 6. The number of nitrogens with one attached hydrogen (secondary N) is 1. The molecule has 2 aromatic carbocycles. The maximum absolute atomic E-state index is 13.9. The predicted octanol–water partition coefficient (Wildman–Crippen LogP) is 5.19. The first-order valence-electron chi connectivity index (χ1n) is 13.1. The van der Waals surface area contributed by atoms with E-state index in [4.69, 9.17) is 4.74 Å². The zero-order valence-corrected chi connectivity index (χ0v) is 23.0. The van der Waals surface area contributed by atoms with Gasteiger partial charge in [0, 0.05) is 29.8 Å². The Labute approximate surface area is 227 Å². The number of tetrazole rings is 1. The molecule has 5 aromatic rings. The van der Waals surface area contributed by atoms with Crippen LogP contribution in [0.1, 0.15) is 50.9 Å².